The van der Waals surface area contributed by atoms with E-state index < -0.39 is 0 Å². The molecular formula is C12H17ClN2O. The van der Waals surface area contributed by atoms with Crippen molar-refractivity contribution in [3.63, 3.8) is 0 Å². The fourth-order valence-electron chi connectivity index (χ4n) is 1.98. The third-order valence-corrected chi connectivity index (χ3v) is 2.68. The molecule has 0 aliphatic carbocycles. The van der Waals surface area contributed by atoms with Crippen LogP contribution in [0.4, 0.5) is 5.69 Å². The van der Waals surface area contributed by atoms with Gasteiger partial charge in [-0.25, -0.2) is 0 Å². The van der Waals surface area contributed by atoms with Crippen molar-refractivity contribution in [3.8, 4) is 0 Å². The topological polar surface area (TPSA) is 46.3 Å². The summed E-state index contributed by atoms with van der Waals surface area (Å²) in [5.41, 5.74) is 7.95. The molecule has 1 atom stereocenters. The third-order valence-electron chi connectivity index (χ3n) is 2.68. The predicted octanol–water partition coefficient (Wildman–Crippen LogP) is 1.73. The number of hydrogen-bond acceptors (Lipinski definition) is 2. The molecule has 0 aromatic heterocycles. The maximum atomic E-state index is 11.9. The molecule has 1 amide bonds. The Bertz CT molecular complexity index is 379. The molecule has 1 aliphatic rings. The molecule has 16 heavy (non-hydrogen) atoms. The van der Waals surface area contributed by atoms with Crippen molar-refractivity contribution in [2.75, 3.05) is 11.4 Å². The summed E-state index contributed by atoms with van der Waals surface area (Å²) in [7, 11) is 0. The van der Waals surface area contributed by atoms with E-state index in [1.54, 1.807) is 0 Å². The summed E-state index contributed by atoms with van der Waals surface area (Å²) in [5, 5.41) is 0. The number of nitrogens with two attached hydrogens (primary N) is 1. The van der Waals surface area contributed by atoms with E-state index >= 15 is 0 Å². The maximum Gasteiger partial charge on any atom is 0.228 e. The molecule has 1 aliphatic heterocycles. The summed E-state index contributed by atoms with van der Waals surface area (Å²) in [5.74, 6) is 0.134. The highest BCUT2D eigenvalue weighted by atomic mass is 35.5. The molecule has 0 bridgehead atoms. The van der Waals surface area contributed by atoms with E-state index in [0.717, 1.165) is 18.7 Å². The predicted molar refractivity (Wildman–Crippen MR) is 68.0 cm³/mol. The van der Waals surface area contributed by atoms with Gasteiger partial charge in [0.25, 0.3) is 0 Å². The van der Waals surface area contributed by atoms with Gasteiger partial charge in [0.05, 0.1) is 0 Å². The first-order chi connectivity index (χ1) is 7.18. The second kappa shape index (κ2) is 5.32. The van der Waals surface area contributed by atoms with Gasteiger partial charge in [-0.1, -0.05) is 18.2 Å². The lowest BCUT2D eigenvalue weighted by Gasteiger charge is -2.18. The summed E-state index contributed by atoms with van der Waals surface area (Å²) >= 11 is 0. The fourth-order valence-corrected chi connectivity index (χ4v) is 1.98. The normalized spacial score (nSPS) is 15.2. The molecule has 1 heterocycles. The first-order valence-corrected chi connectivity index (χ1v) is 5.32. The second-order valence-electron chi connectivity index (χ2n) is 4.11. The number of anilines is 1. The van der Waals surface area contributed by atoms with Crippen molar-refractivity contribution in [2.45, 2.75) is 25.8 Å². The average Bonchev–Trinajstić information content (AvgIpc) is 2.59. The number of halogens is 1. The minimum atomic E-state index is -0.0646. The zero-order chi connectivity index (χ0) is 10.8. The number of hydrogen-bond donors (Lipinski definition) is 1. The highest BCUT2D eigenvalue weighted by molar-refractivity contribution is 5.95. The lowest BCUT2D eigenvalue weighted by molar-refractivity contribution is -0.118. The highest BCUT2D eigenvalue weighted by Crippen LogP contribution is 2.27. The van der Waals surface area contributed by atoms with E-state index in [4.69, 9.17) is 5.73 Å². The highest BCUT2D eigenvalue weighted by Gasteiger charge is 2.24. The van der Waals surface area contributed by atoms with E-state index in [1.807, 2.05) is 30.0 Å². The summed E-state index contributed by atoms with van der Waals surface area (Å²) in [6.07, 6.45) is 1.38. The molecule has 2 N–H and O–H groups in total. The first kappa shape index (κ1) is 13.0. The van der Waals surface area contributed by atoms with E-state index in [9.17, 15) is 4.79 Å². The lowest BCUT2D eigenvalue weighted by atomic mass is 10.2. The number of rotatable bonds is 2. The quantitative estimate of drug-likeness (QED) is 0.856. The molecule has 0 fully saturated rings. The summed E-state index contributed by atoms with van der Waals surface area (Å²) in [6, 6.07) is 8.00. The Kier molecular flexibility index (Phi) is 4.33. The van der Waals surface area contributed by atoms with Crippen LogP contribution >= 0.6 is 12.4 Å². The van der Waals surface area contributed by atoms with Gasteiger partial charge in [0, 0.05) is 24.7 Å². The molecule has 0 spiro atoms. The van der Waals surface area contributed by atoms with Crippen molar-refractivity contribution in [1.29, 1.82) is 0 Å². The number of fused-ring (bicyclic) bond motifs is 1. The number of benzene rings is 1. The number of para-hydroxylation sites is 1. The number of amides is 1. The Labute approximate surface area is 102 Å². The van der Waals surface area contributed by atoms with Crippen LogP contribution in [0, 0.1) is 0 Å². The van der Waals surface area contributed by atoms with Crippen LogP contribution in [0.3, 0.4) is 0 Å². The van der Waals surface area contributed by atoms with Crippen molar-refractivity contribution >= 4 is 24.0 Å². The van der Waals surface area contributed by atoms with Gasteiger partial charge in [0.1, 0.15) is 0 Å². The molecule has 1 aromatic rings. The zero-order valence-corrected chi connectivity index (χ0v) is 10.2. The average molecular weight is 241 g/mol. The van der Waals surface area contributed by atoms with Gasteiger partial charge in [-0.3, -0.25) is 4.79 Å². The summed E-state index contributed by atoms with van der Waals surface area (Å²) in [4.78, 5) is 13.7. The lowest BCUT2D eigenvalue weighted by Crippen LogP contribution is -2.33. The standard InChI is InChI=1S/C12H16N2O.ClH/c1-9(13)8-12(15)14-7-6-10-4-2-3-5-11(10)14;/h2-5,9H,6-8,13H2,1H3;1H. The monoisotopic (exact) mass is 240 g/mol. The zero-order valence-electron chi connectivity index (χ0n) is 9.35. The third kappa shape index (κ3) is 2.54. The van der Waals surface area contributed by atoms with Crippen LogP contribution < -0.4 is 10.6 Å². The van der Waals surface area contributed by atoms with E-state index in [2.05, 4.69) is 6.07 Å². The smallest absolute Gasteiger partial charge is 0.228 e. The SMILES string of the molecule is CC(N)CC(=O)N1CCc2ccccc21.Cl. The van der Waals surface area contributed by atoms with Crippen molar-refractivity contribution in [1.82, 2.24) is 0 Å². The maximum absolute atomic E-state index is 11.9. The van der Waals surface area contributed by atoms with Gasteiger partial charge in [-0.05, 0) is 25.0 Å². The molecule has 1 unspecified atom stereocenters. The van der Waals surface area contributed by atoms with E-state index in [0.29, 0.717) is 6.42 Å². The van der Waals surface area contributed by atoms with Crippen LogP contribution in [0.25, 0.3) is 0 Å². The second-order valence-corrected chi connectivity index (χ2v) is 4.11. The molecule has 88 valence electrons. The molecule has 1 aromatic carbocycles. The molecule has 0 saturated carbocycles. The van der Waals surface area contributed by atoms with Crippen LogP contribution in [-0.2, 0) is 11.2 Å². The number of carbonyl (C=O) groups excluding carboxylic acids is 1. The van der Waals surface area contributed by atoms with Crippen LogP contribution in [0.1, 0.15) is 18.9 Å². The Morgan fingerprint density at radius 2 is 2.19 bits per heavy atom. The summed E-state index contributed by atoms with van der Waals surface area (Å²) < 4.78 is 0. The number of nitrogens with zero attached hydrogens (tertiary/aromatic N) is 1. The van der Waals surface area contributed by atoms with Crippen LogP contribution in [0.5, 0.6) is 0 Å². The molecule has 0 radical (unpaired) electrons. The van der Waals surface area contributed by atoms with Gasteiger partial charge < -0.3 is 10.6 Å². The minimum Gasteiger partial charge on any atom is -0.327 e. The Balaban J connectivity index is 0.00000128. The first-order valence-electron chi connectivity index (χ1n) is 5.32. The Morgan fingerprint density at radius 1 is 1.50 bits per heavy atom. The molecular weight excluding hydrogens is 224 g/mol. The van der Waals surface area contributed by atoms with Crippen molar-refractivity contribution in [2.24, 2.45) is 5.73 Å². The minimum absolute atomic E-state index is 0. The molecule has 2 rings (SSSR count). The Morgan fingerprint density at radius 3 is 2.88 bits per heavy atom. The molecule has 4 heteroatoms. The largest absolute Gasteiger partial charge is 0.327 e. The summed E-state index contributed by atoms with van der Waals surface area (Å²) in [6.45, 7) is 2.66. The van der Waals surface area contributed by atoms with Gasteiger partial charge in [-0.15, -0.1) is 12.4 Å². The van der Waals surface area contributed by atoms with E-state index in [-0.39, 0.29) is 24.4 Å². The van der Waals surface area contributed by atoms with Gasteiger partial charge in [0.2, 0.25) is 5.91 Å². The molecule has 0 saturated heterocycles. The van der Waals surface area contributed by atoms with Crippen LogP contribution in [0.15, 0.2) is 24.3 Å². The van der Waals surface area contributed by atoms with Crippen molar-refractivity contribution in [3.05, 3.63) is 29.8 Å². The van der Waals surface area contributed by atoms with Gasteiger partial charge in [-0.2, -0.15) is 0 Å². The van der Waals surface area contributed by atoms with Crippen LogP contribution in [0.2, 0.25) is 0 Å². The van der Waals surface area contributed by atoms with Crippen molar-refractivity contribution < 1.29 is 4.79 Å². The van der Waals surface area contributed by atoms with Gasteiger partial charge >= 0.3 is 0 Å². The Hall–Kier alpha value is -1.06. The molecule has 3 nitrogen and oxygen atoms in total. The van der Waals surface area contributed by atoms with Gasteiger partial charge in [0.15, 0.2) is 0 Å². The van der Waals surface area contributed by atoms with Crippen LogP contribution in [-0.4, -0.2) is 18.5 Å². The number of carbonyl (C=O) groups is 1. The fraction of sp³-hybridized carbons (Fsp3) is 0.417. The van der Waals surface area contributed by atoms with E-state index in [1.165, 1.54) is 5.56 Å².